The van der Waals surface area contributed by atoms with Gasteiger partial charge in [-0.1, -0.05) is 41.0 Å². The van der Waals surface area contributed by atoms with Crippen molar-refractivity contribution in [1.82, 2.24) is 25.2 Å². The molecule has 0 aliphatic carbocycles. The highest BCUT2D eigenvalue weighted by molar-refractivity contribution is 5.80. The lowest BCUT2D eigenvalue weighted by atomic mass is 10.2. The lowest BCUT2D eigenvalue weighted by Gasteiger charge is -2.09. The normalized spacial score (nSPS) is 10.8. The molecule has 130 valence electrons. The molecule has 0 aliphatic heterocycles. The standard InChI is InChI=1S/C19H19N7/c1-14-6-9-16(10-7-14)26-19(23-24-25-26)21-13-12-20-18-11-8-15-4-2-3-5-17(15)22-18/h2-11H,12-13H2,1H3,(H,20,22)(H,21,23,25). The molecule has 2 aromatic heterocycles. The summed E-state index contributed by atoms with van der Waals surface area (Å²) in [5.41, 5.74) is 3.10. The molecule has 7 heteroatoms. The van der Waals surface area contributed by atoms with Gasteiger partial charge < -0.3 is 10.6 Å². The van der Waals surface area contributed by atoms with Crippen LogP contribution in [0, 0.1) is 6.92 Å². The Hall–Kier alpha value is -3.48. The zero-order valence-electron chi connectivity index (χ0n) is 14.4. The molecule has 0 bridgehead atoms. The molecule has 0 radical (unpaired) electrons. The summed E-state index contributed by atoms with van der Waals surface area (Å²) in [5, 5.41) is 19.6. The minimum absolute atomic E-state index is 0.613. The first-order chi connectivity index (χ1) is 12.8. The van der Waals surface area contributed by atoms with E-state index in [1.807, 2.05) is 48.5 Å². The molecular formula is C19H19N7. The number of hydrogen-bond donors (Lipinski definition) is 2. The van der Waals surface area contributed by atoms with Gasteiger partial charge in [-0.2, -0.15) is 4.68 Å². The van der Waals surface area contributed by atoms with Gasteiger partial charge in [0.15, 0.2) is 0 Å². The monoisotopic (exact) mass is 345 g/mol. The fourth-order valence-corrected chi connectivity index (χ4v) is 2.69. The molecule has 0 aliphatic rings. The summed E-state index contributed by atoms with van der Waals surface area (Å²) in [5.74, 6) is 1.46. The second-order valence-corrected chi connectivity index (χ2v) is 5.99. The van der Waals surface area contributed by atoms with E-state index in [2.05, 4.69) is 50.2 Å². The number of aromatic nitrogens is 5. The van der Waals surface area contributed by atoms with Gasteiger partial charge in [0.1, 0.15) is 5.82 Å². The van der Waals surface area contributed by atoms with Crippen molar-refractivity contribution in [1.29, 1.82) is 0 Å². The van der Waals surface area contributed by atoms with Crippen LogP contribution in [0.15, 0.2) is 60.7 Å². The van der Waals surface area contributed by atoms with E-state index in [1.165, 1.54) is 5.56 Å². The number of anilines is 2. The van der Waals surface area contributed by atoms with E-state index in [4.69, 9.17) is 0 Å². The van der Waals surface area contributed by atoms with Crippen LogP contribution in [0.4, 0.5) is 11.8 Å². The van der Waals surface area contributed by atoms with E-state index in [0.29, 0.717) is 19.0 Å². The largest absolute Gasteiger partial charge is 0.368 e. The molecule has 7 nitrogen and oxygen atoms in total. The van der Waals surface area contributed by atoms with Crippen LogP contribution in [-0.2, 0) is 0 Å². The molecule has 0 unspecified atom stereocenters. The van der Waals surface area contributed by atoms with Crippen molar-refractivity contribution in [3.05, 3.63) is 66.2 Å². The maximum atomic E-state index is 4.60. The number of rotatable bonds is 6. The predicted octanol–water partition coefficient (Wildman–Crippen LogP) is 3.04. The molecule has 2 aromatic carbocycles. The van der Waals surface area contributed by atoms with E-state index in [9.17, 15) is 0 Å². The molecule has 0 atom stereocenters. The number of fused-ring (bicyclic) bond motifs is 1. The molecule has 0 saturated carbocycles. The van der Waals surface area contributed by atoms with Gasteiger partial charge in [-0.05, 0) is 47.7 Å². The van der Waals surface area contributed by atoms with Crippen LogP contribution in [0.1, 0.15) is 5.56 Å². The van der Waals surface area contributed by atoms with Gasteiger partial charge in [-0.25, -0.2) is 4.98 Å². The zero-order chi connectivity index (χ0) is 17.8. The first kappa shape index (κ1) is 16.0. The van der Waals surface area contributed by atoms with Crippen molar-refractivity contribution in [2.75, 3.05) is 23.7 Å². The summed E-state index contributed by atoms with van der Waals surface area (Å²) >= 11 is 0. The van der Waals surface area contributed by atoms with Crippen molar-refractivity contribution >= 4 is 22.7 Å². The second-order valence-electron chi connectivity index (χ2n) is 5.99. The summed E-state index contributed by atoms with van der Waals surface area (Å²) in [6.07, 6.45) is 0. The van der Waals surface area contributed by atoms with E-state index < -0.39 is 0 Å². The van der Waals surface area contributed by atoms with Gasteiger partial charge in [-0.15, -0.1) is 0 Å². The third-order valence-corrected chi connectivity index (χ3v) is 4.06. The highest BCUT2D eigenvalue weighted by Gasteiger charge is 2.07. The van der Waals surface area contributed by atoms with Gasteiger partial charge in [-0.3, -0.25) is 0 Å². The molecule has 2 N–H and O–H groups in total. The fraction of sp³-hybridized carbons (Fsp3) is 0.158. The highest BCUT2D eigenvalue weighted by Crippen LogP contribution is 2.14. The van der Waals surface area contributed by atoms with E-state index in [1.54, 1.807) is 4.68 Å². The Kier molecular flexibility index (Phi) is 4.42. The van der Waals surface area contributed by atoms with Crippen LogP contribution in [0.25, 0.3) is 16.6 Å². The molecule has 0 fully saturated rings. The number of aryl methyl sites for hydroxylation is 1. The Morgan fingerprint density at radius 3 is 2.58 bits per heavy atom. The molecule has 0 spiro atoms. The molecular weight excluding hydrogens is 326 g/mol. The number of pyridine rings is 1. The third-order valence-electron chi connectivity index (χ3n) is 4.06. The number of tetrazole rings is 1. The van der Waals surface area contributed by atoms with Gasteiger partial charge in [0, 0.05) is 18.5 Å². The van der Waals surface area contributed by atoms with Gasteiger partial charge >= 0.3 is 0 Å². The first-order valence-electron chi connectivity index (χ1n) is 8.48. The molecule has 4 aromatic rings. The van der Waals surface area contributed by atoms with Crippen molar-refractivity contribution in [2.45, 2.75) is 6.92 Å². The van der Waals surface area contributed by atoms with Crippen molar-refractivity contribution in [2.24, 2.45) is 0 Å². The van der Waals surface area contributed by atoms with Crippen molar-refractivity contribution < 1.29 is 0 Å². The zero-order valence-corrected chi connectivity index (χ0v) is 14.4. The van der Waals surface area contributed by atoms with Crippen molar-refractivity contribution in [3.63, 3.8) is 0 Å². The molecule has 26 heavy (non-hydrogen) atoms. The number of nitrogens with one attached hydrogen (secondary N) is 2. The summed E-state index contributed by atoms with van der Waals surface area (Å²) in [6.45, 7) is 3.42. The molecule has 4 rings (SSSR count). The average Bonchev–Trinajstić information content (AvgIpc) is 3.14. The second kappa shape index (κ2) is 7.18. The summed E-state index contributed by atoms with van der Waals surface area (Å²) in [6, 6.07) is 20.2. The van der Waals surface area contributed by atoms with Gasteiger partial charge in [0.2, 0.25) is 5.95 Å². The Labute approximate surface area is 151 Å². The Morgan fingerprint density at radius 2 is 1.69 bits per heavy atom. The average molecular weight is 345 g/mol. The lowest BCUT2D eigenvalue weighted by molar-refractivity contribution is 0.789. The van der Waals surface area contributed by atoms with E-state index in [0.717, 1.165) is 22.4 Å². The molecule has 0 saturated heterocycles. The van der Waals surface area contributed by atoms with Crippen LogP contribution >= 0.6 is 0 Å². The van der Waals surface area contributed by atoms with Crippen LogP contribution in [-0.4, -0.2) is 38.3 Å². The number of para-hydroxylation sites is 1. The van der Waals surface area contributed by atoms with E-state index in [-0.39, 0.29) is 0 Å². The summed E-state index contributed by atoms with van der Waals surface area (Å²) < 4.78 is 1.69. The van der Waals surface area contributed by atoms with Gasteiger partial charge in [0.25, 0.3) is 0 Å². The smallest absolute Gasteiger partial charge is 0.247 e. The van der Waals surface area contributed by atoms with Gasteiger partial charge in [0.05, 0.1) is 11.2 Å². The predicted molar refractivity (Wildman–Crippen MR) is 103 cm³/mol. The minimum Gasteiger partial charge on any atom is -0.368 e. The lowest BCUT2D eigenvalue weighted by Crippen LogP contribution is -2.16. The van der Waals surface area contributed by atoms with Crippen LogP contribution in [0.5, 0.6) is 0 Å². The Bertz CT molecular complexity index is 1010. The Morgan fingerprint density at radius 1 is 0.885 bits per heavy atom. The minimum atomic E-state index is 0.613. The van der Waals surface area contributed by atoms with Crippen LogP contribution in [0.2, 0.25) is 0 Å². The maximum absolute atomic E-state index is 4.60. The molecule has 2 heterocycles. The fourth-order valence-electron chi connectivity index (χ4n) is 2.69. The number of nitrogens with zero attached hydrogens (tertiary/aromatic N) is 5. The molecule has 0 amide bonds. The van der Waals surface area contributed by atoms with E-state index >= 15 is 0 Å². The number of benzene rings is 2. The summed E-state index contributed by atoms with van der Waals surface area (Å²) in [4.78, 5) is 4.60. The highest BCUT2D eigenvalue weighted by atomic mass is 15.6. The Balaban J connectivity index is 1.36. The third kappa shape index (κ3) is 3.46. The van der Waals surface area contributed by atoms with Crippen molar-refractivity contribution in [3.8, 4) is 5.69 Å². The van der Waals surface area contributed by atoms with Crippen LogP contribution < -0.4 is 10.6 Å². The number of hydrogen-bond acceptors (Lipinski definition) is 6. The SMILES string of the molecule is Cc1ccc(-n2nnnc2NCCNc2ccc3ccccc3n2)cc1. The summed E-state index contributed by atoms with van der Waals surface area (Å²) in [7, 11) is 0. The topological polar surface area (TPSA) is 80.5 Å². The van der Waals surface area contributed by atoms with Crippen LogP contribution in [0.3, 0.4) is 0 Å². The first-order valence-corrected chi connectivity index (χ1v) is 8.48. The maximum Gasteiger partial charge on any atom is 0.247 e. The quantitative estimate of drug-likeness (QED) is 0.523.